The van der Waals surface area contributed by atoms with Crippen molar-refractivity contribution < 1.29 is 23.4 Å². The molecule has 0 radical (unpaired) electrons. The van der Waals surface area contributed by atoms with Crippen LogP contribution in [0.15, 0.2) is 65.3 Å². The Kier molecular flexibility index (Phi) is 5.70. The summed E-state index contributed by atoms with van der Waals surface area (Å²) in [4.78, 5) is 21.2. The van der Waals surface area contributed by atoms with E-state index in [9.17, 15) is 4.79 Å². The molecule has 8 heteroatoms. The summed E-state index contributed by atoms with van der Waals surface area (Å²) < 4.78 is 22.2. The number of fused-ring (bicyclic) bond motifs is 1. The predicted molar refractivity (Wildman–Crippen MR) is 116 cm³/mol. The lowest BCUT2D eigenvalue weighted by atomic mass is 10.2. The number of benzene rings is 2. The van der Waals surface area contributed by atoms with Gasteiger partial charge in [0, 0.05) is 23.6 Å². The molecule has 0 saturated heterocycles. The van der Waals surface area contributed by atoms with Crippen LogP contribution in [-0.2, 0) is 4.79 Å². The molecule has 0 bridgehead atoms. The lowest BCUT2D eigenvalue weighted by molar-refractivity contribution is -0.122. The molecule has 2 aromatic carbocycles. The lowest BCUT2D eigenvalue weighted by Crippen LogP contribution is -2.30. The molecule has 158 valence electrons. The fraction of sp³-hybridized carbons (Fsp3) is 0.174. The number of pyridine rings is 1. The minimum absolute atomic E-state index is 0.318. The maximum atomic E-state index is 12.7. The SMILES string of the molecule is COc1cccc(O[C@H](C)C(=O)Nc2ccc3oc(-c4ccncc4)nc3c2)c1OC. The molecule has 4 rings (SSSR count). The Hall–Kier alpha value is -4.07. The van der Waals surface area contributed by atoms with Crippen molar-refractivity contribution in [1.29, 1.82) is 0 Å². The number of nitrogens with zero attached hydrogens (tertiary/aromatic N) is 2. The number of hydrogen-bond donors (Lipinski definition) is 1. The van der Waals surface area contributed by atoms with Crippen LogP contribution in [0.4, 0.5) is 5.69 Å². The Labute approximate surface area is 178 Å². The van der Waals surface area contributed by atoms with Crippen LogP contribution in [0.1, 0.15) is 6.92 Å². The average Bonchev–Trinajstić information content (AvgIpc) is 3.23. The smallest absolute Gasteiger partial charge is 0.265 e. The van der Waals surface area contributed by atoms with E-state index < -0.39 is 6.10 Å². The number of carbonyl (C=O) groups excluding carboxylic acids is 1. The number of carbonyl (C=O) groups is 1. The maximum Gasteiger partial charge on any atom is 0.265 e. The zero-order valence-electron chi connectivity index (χ0n) is 17.3. The Morgan fingerprint density at radius 3 is 2.55 bits per heavy atom. The molecule has 0 unspecified atom stereocenters. The van der Waals surface area contributed by atoms with Gasteiger partial charge >= 0.3 is 0 Å². The van der Waals surface area contributed by atoms with Crippen molar-refractivity contribution in [2.45, 2.75) is 13.0 Å². The molecule has 1 atom stereocenters. The van der Waals surface area contributed by atoms with Gasteiger partial charge in [-0.3, -0.25) is 9.78 Å². The molecule has 1 amide bonds. The van der Waals surface area contributed by atoms with E-state index >= 15 is 0 Å². The van der Waals surface area contributed by atoms with Crippen LogP contribution >= 0.6 is 0 Å². The minimum Gasteiger partial charge on any atom is -0.493 e. The summed E-state index contributed by atoms with van der Waals surface area (Å²) in [7, 11) is 3.06. The highest BCUT2D eigenvalue weighted by Gasteiger charge is 2.19. The van der Waals surface area contributed by atoms with Crippen LogP contribution in [-0.4, -0.2) is 36.2 Å². The summed E-state index contributed by atoms with van der Waals surface area (Å²) in [5.74, 6) is 1.54. The lowest BCUT2D eigenvalue weighted by Gasteiger charge is -2.18. The first-order valence-electron chi connectivity index (χ1n) is 9.58. The molecule has 0 saturated carbocycles. The summed E-state index contributed by atoms with van der Waals surface area (Å²) in [5.41, 5.74) is 2.66. The molecule has 0 aliphatic carbocycles. The van der Waals surface area contributed by atoms with Crippen molar-refractivity contribution in [3.8, 4) is 28.7 Å². The van der Waals surface area contributed by atoms with Gasteiger partial charge in [0.1, 0.15) is 5.52 Å². The quantitative estimate of drug-likeness (QED) is 0.477. The van der Waals surface area contributed by atoms with Gasteiger partial charge < -0.3 is 23.9 Å². The fourth-order valence-electron chi connectivity index (χ4n) is 3.06. The Morgan fingerprint density at radius 2 is 1.81 bits per heavy atom. The number of aromatic nitrogens is 2. The number of rotatable bonds is 7. The molecule has 2 heterocycles. The van der Waals surface area contributed by atoms with Gasteiger partial charge in [-0.25, -0.2) is 4.98 Å². The topological polar surface area (TPSA) is 95.7 Å². The zero-order valence-corrected chi connectivity index (χ0v) is 17.3. The van der Waals surface area contributed by atoms with Crippen LogP contribution in [0.5, 0.6) is 17.2 Å². The zero-order chi connectivity index (χ0) is 21.8. The third kappa shape index (κ3) is 4.28. The summed E-state index contributed by atoms with van der Waals surface area (Å²) in [6, 6.07) is 14.1. The van der Waals surface area contributed by atoms with E-state index in [1.54, 1.807) is 55.7 Å². The van der Waals surface area contributed by atoms with Gasteiger partial charge in [0.25, 0.3) is 5.91 Å². The molecule has 2 aromatic heterocycles. The highest BCUT2D eigenvalue weighted by Crippen LogP contribution is 2.37. The molecule has 31 heavy (non-hydrogen) atoms. The molecule has 0 spiro atoms. The Balaban J connectivity index is 1.49. The van der Waals surface area contributed by atoms with Crippen LogP contribution in [0.2, 0.25) is 0 Å². The van der Waals surface area contributed by atoms with E-state index in [4.69, 9.17) is 18.6 Å². The summed E-state index contributed by atoms with van der Waals surface area (Å²) >= 11 is 0. The highest BCUT2D eigenvalue weighted by molar-refractivity contribution is 5.95. The van der Waals surface area contributed by atoms with Crippen LogP contribution < -0.4 is 19.5 Å². The van der Waals surface area contributed by atoms with E-state index in [0.717, 1.165) is 5.56 Å². The first-order chi connectivity index (χ1) is 15.1. The number of amides is 1. The maximum absolute atomic E-state index is 12.7. The molecule has 4 aromatic rings. The van der Waals surface area contributed by atoms with Crippen molar-refractivity contribution in [2.24, 2.45) is 0 Å². The van der Waals surface area contributed by atoms with Crippen molar-refractivity contribution in [1.82, 2.24) is 9.97 Å². The minimum atomic E-state index is -0.776. The van der Waals surface area contributed by atoms with E-state index in [-0.39, 0.29) is 5.91 Å². The highest BCUT2D eigenvalue weighted by atomic mass is 16.5. The first-order valence-corrected chi connectivity index (χ1v) is 9.58. The summed E-state index contributed by atoms with van der Waals surface area (Å²) in [6.45, 7) is 1.66. The van der Waals surface area contributed by atoms with E-state index in [0.29, 0.717) is 39.9 Å². The van der Waals surface area contributed by atoms with Crippen LogP contribution in [0.25, 0.3) is 22.6 Å². The third-order valence-corrected chi connectivity index (χ3v) is 4.62. The number of nitrogens with one attached hydrogen (secondary N) is 1. The second kappa shape index (κ2) is 8.74. The van der Waals surface area contributed by atoms with Gasteiger partial charge in [0.15, 0.2) is 23.2 Å². The van der Waals surface area contributed by atoms with Gasteiger partial charge in [0.05, 0.1) is 14.2 Å². The predicted octanol–water partition coefficient (Wildman–Crippen LogP) is 4.31. The Morgan fingerprint density at radius 1 is 1.03 bits per heavy atom. The fourth-order valence-corrected chi connectivity index (χ4v) is 3.06. The molecule has 0 fully saturated rings. The van der Waals surface area contributed by atoms with Crippen LogP contribution in [0, 0.1) is 0 Å². The molecular formula is C23H21N3O5. The summed E-state index contributed by atoms with van der Waals surface area (Å²) in [5, 5.41) is 2.84. The standard InChI is InChI=1S/C23H21N3O5/c1-14(30-20-6-4-5-19(28-2)21(20)29-3)22(27)25-16-7-8-18-17(13-16)26-23(31-18)15-9-11-24-12-10-15/h4-14H,1-3H3,(H,25,27)/t14-/m1/s1. The second-order valence-electron chi connectivity index (χ2n) is 6.68. The third-order valence-electron chi connectivity index (χ3n) is 4.62. The molecule has 0 aliphatic heterocycles. The van der Waals surface area contributed by atoms with Gasteiger partial charge in [0.2, 0.25) is 11.6 Å². The first kappa shape index (κ1) is 20.2. The van der Waals surface area contributed by atoms with Gasteiger partial charge in [-0.15, -0.1) is 0 Å². The van der Waals surface area contributed by atoms with Crippen molar-refractivity contribution in [3.05, 3.63) is 60.9 Å². The number of methoxy groups -OCH3 is 2. The van der Waals surface area contributed by atoms with Crippen molar-refractivity contribution in [2.75, 3.05) is 19.5 Å². The molecule has 1 N–H and O–H groups in total. The molecule has 8 nitrogen and oxygen atoms in total. The van der Waals surface area contributed by atoms with Crippen LogP contribution in [0.3, 0.4) is 0 Å². The largest absolute Gasteiger partial charge is 0.493 e. The van der Waals surface area contributed by atoms with Crippen molar-refractivity contribution >= 4 is 22.7 Å². The van der Waals surface area contributed by atoms with Gasteiger partial charge in [-0.2, -0.15) is 0 Å². The second-order valence-corrected chi connectivity index (χ2v) is 6.68. The molecule has 0 aliphatic rings. The van der Waals surface area contributed by atoms with Gasteiger partial charge in [-0.1, -0.05) is 6.07 Å². The normalized spacial score (nSPS) is 11.7. The van der Waals surface area contributed by atoms with E-state index in [1.165, 1.54) is 14.2 Å². The molecular weight excluding hydrogens is 398 g/mol. The number of oxazole rings is 1. The number of hydrogen-bond acceptors (Lipinski definition) is 7. The van der Waals surface area contributed by atoms with Crippen molar-refractivity contribution in [3.63, 3.8) is 0 Å². The van der Waals surface area contributed by atoms with Gasteiger partial charge in [-0.05, 0) is 49.4 Å². The Bertz CT molecular complexity index is 1210. The number of para-hydroxylation sites is 1. The summed E-state index contributed by atoms with van der Waals surface area (Å²) in [6.07, 6.45) is 2.57. The van der Waals surface area contributed by atoms with E-state index in [2.05, 4.69) is 15.3 Å². The van der Waals surface area contributed by atoms with E-state index in [1.807, 2.05) is 12.1 Å². The average molecular weight is 419 g/mol. The number of ether oxygens (including phenoxy) is 3. The monoisotopic (exact) mass is 419 g/mol. The number of anilines is 1.